The van der Waals surface area contributed by atoms with Gasteiger partial charge in [0, 0.05) is 11.1 Å². The standard InChI is InChI=1S/C18H12Cl2N2O2/c19-13-7-6-11(8-14(13)20)16(23)12-9-15(22-18(12)21)17(24)10-4-2-1-3-5-10/h1-9,22H,21H2. The van der Waals surface area contributed by atoms with Crippen LogP contribution in [-0.4, -0.2) is 16.6 Å². The zero-order chi connectivity index (χ0) is 17.3. The van der Waals surface area contributed by atoms with E-state index < -0.39 is 0 Å². The lowest BCUT2D eigenvalue weighted by Gasteiger charge is -2.02. The first-order valence-electron chi connectivity index (χ1n) is 7.05. The number of halogens is 2. The fourth-order valence-corrected chi connectivity index (χ4v) is 2.62. The third-order valence-electron chi connectivity index (χ3n) is 3.56. The Bertz CT molecular complexity index is 933. The summed E-state index contributed by atoms with van der Waals surface area (Å²) in [6, 6.07) is 14.8. The summed E-state index contributed by atoms with van der Waals surface area (Å²) >= 11 is 11.8. The van der Waals surface area contributed by atoms with E-state index in [-0.39, 0.29) is 33.7 Å². The number of carbonyl (C=O) groups excluding carboxylic acids is 2. The van der Waals surface area contributed by atoms with Gasteiger partial charge < -0.3 is 10.7 Å². The van der Waals surface area contributed by atoms with Gasteiger partial charge in [-0.1, -0.05) is 53.5 Å². The number of aromatic amines is 1. The molecule has 0 amide bonds. The number of hydrogen-bond acceptors (Lipinski definition) is 3. The van der Waals surface area contributed by atoms with E-state index >= 15 is 0 Å². The number of nitrogens with two attached hydrogens (primary N) is 1. The largest absolute Gasteiger partial charge is 0.385 e. The average molecular weight is 359 g/mol. The van der Waals surface area contributed by atoms with E-state index in [2.05, 4.69) is 4.98 Å². The molecule has 0 fully saturated rings. The van der Waals surface area contributed by atoms with Gasteiger partial charge in [-0.25, -0.2) is 0 Å². The van der Waals surface area contributed by atoms with Gasteiger partial charge in [-0.15, -0.1) is 0 Å². The molecule has 0 aliphatic heterocycles. The van der Waals surface area contributed by atoms with Crippen molar-refractivity contribution in [3.8, 4) is 0 Å². The van der Waals surface area contributed by atoms with E-state index in [9.17, 15) is 9.59 Å². The summed E-state index contributed by atoms with van der Waals surface area (Å²) in [5.41, 5.74) is 7.19. The van der Waals surface area contributed by atoms with Gasteiger partial charge in [0.1, 0.15) is 5.82 Å². The Kier molecular flexibility index (Phi) is 4.42. The predicted octanol–water partition coefficient (Wildman–Crippen LogP) is 4.37. The SMILES string of the molecule is Nc1[nH]c(C(=O)c2ccccc2)cc1C(=O)c1ccc(Cl)c(Cl)c1. The molecule has 3 rings (SSSR count). The summed E-state index contributed by atoms with van der Waals surface area (Å²) in [5, 5.41) is 0.632. The maximum atomic E-state index is 12.6. The maximum Gasteiger partial charge on any atom is 0.209 e. The molecule has 3 aromatic rings. The van der Waals surface area contributed by atoms with Crippen molar-refractivity contribution in [1.29, 1.82) is 0 Å². The lowest BCUT2D eigenvalue weighted by Crippen LogP contribution is -2.03. The number of carbonyl (C=O) groups is 2. The van der Waals surface area contributed by atoms with Crippen LogP contribution in [0.5, 0.6) is 0 Å². The number of nitrogen functional groups attached to an aromatic ring is 1. The third-order valence-corrected chi connectivity index (χ3v) is 4.29. The lowest BCUT2D eigenvalue weighted by atomic mass is 10.0. The number of benzene rings is 2. The Morgan fingerprint density at radius 1 is 0.833 bits per heavy atom. The van der Waals surface area contributed by atoms with Gasteiger partial charge in [0.15, 0.2) is 5.78 Å². The minimum absolute atomic E-state index is 0.130. The number of anilines is 1. The molecule has 3 N–H and O–H groups in total. The van der Waals surface area contributed by atoms with E-state index in [1.165, 1.54) is 18.2 Å². The number of aromatic nitrogens is 1. The van der Waals surface area contributed by atoms with Gasteiger partial charge in [-0.05, 0) is 24.3 Å². The second-order valence-electron chi connectivity index (χ2n) is 5.16. The highest BCUT2D eigenvalue weighted by atomic mass is 35.5. The van der Waals surface area contributed by atoms with Crippen LogP contribution in [0.4, 0.5) is 5.82 Å². The smallest absolute Gasteiger partial charge is 0.209 e. The molecule has 0 spiro atoms. The van der Waals surface area contributed by atoms with Gasteiger partial charge in [-0.3, -0.25) is 9.59 Å². The van der Waals surface area contributed by atoms with Crippen LogP contribution in [0.3, 0.4) is 0 Å². The predicted molar refractivity (Wildman–Crippen MR) is 95.0 cm³/mol. The Morgan fingerprint density at radius 3 is 2.21 bits per heavy atom. The first kappa shape index (κ1) is 16.3. The summed E-state index contributed by atoms with van der Waals surface area (Å²) < 4.78 is 0. The van der Waals surface area contributed by atoms with E-state index in [0.29, 0.717) is 16.1 Å². The van der Waals surface area contributed by atoms with Gasteiger partial charge in [0.2, 0.25) is 5.78 Å². The third kappa shape index (κ3) is 3.07. The molecule has 1 aromatic heterocycles. The van der Waals surface area contributed by atoms with Gasteiger partial charge >= 0.3 is 0 Å². The van der Waals surface area contributed by atoms with Crippen LogP contribution in [0.1, 0.15) is 32.0 Å². The highest BCUT2D eigenvalue weighted by Gasteiger charge is 2.20. The molecular formula is C18H12Cl2N2O2. The van der Waals surface area contributed by atoms with Crippen LogP contribution in [0, 0.1) is 0 Å². The number of nitrogens with one attached hydrogen (secondary N) is 1. The van der Waals surface area contributed by atoms with Gasteiger partial charge in [0.05, 0.1) is 21.3 Å². The molecule has 0 unspecified atom stereocenters. The van der Waals surface area contributed by atoms with Crippen molar-refractivity contribution in [1.82, 2.24) is 4.98 Å². The second kappa shape index (κ2) is 6.51. The summed E-state index contributed by atoms with van der Waals surface area (Å²) in [6.45, 7) is 0. The zero-order valence-electron chi connectivity index (χ0n) is 12.3. The Balaban J connectivity index is 1.95. The van der Waals surface area contributed by atoms with Crippen molar-refractivity contribution in [2.45, 2.75) is 0 Å². The van der Waals surface area contributed by atoms with Crippen LogP contribution < -0.4 is 5.73 Å². The van der Waals surface area contributed by atoms with E-state index in [1.807, 2.05) is 6.07 Å². The summed E-state index contributed by atoms with van der Waals surface area (Å²) in [5.74, 6) is -0.449. The van der Waals surface area contributed by atoms with Crippen LogP contribution in [-0.2, 0) is 0 Å². The van der Waals surface area contributed by atoms with Crippen molar-refractivity contribution >= 4 is 40.6 Å². The number of ketones is 2. The molecule has 0 aliphatic carbocycles. The minimum atomic E-state index is -0.338. The van der Waals surface area contributed by atoms with Crippen molar-refractivity contribution in [3.05, 3.63) is 87.0 Å². The number of hydrogen-bond donors (Lipinski definition) is 2. The first-order valence-corrected chi connectivity index (χ1v) is 7.81. The fraction of sp³-hybridized carbons (Fsp3) is 0. The molecule has 0 radical (unpaired) electrons. The molecule has 24 heavy (non-hydrogen) atoms. The number of H-pyrrole nitrogens is 1. The van der Waals surface area contributed by atoms with Crippen molar-refractivity contribution < 1.29 is 9.59 Å². The molecule has 0 saturated carbocycles. The summed E-state index contributed by atoms with van der Waals surface area (Å²) in [4.78, 5) is 27.8. The fourth-order valence-electron chi connectivity index (χ4n) is 2.32. The maximum absolute atomic E-state index is 12.6. The Hall–Kier alpha value is -2.56. The molecule has 120 valence electrons. The summed E-state index contributed by atoms with van der Waals surface area (Å²) in [6.07, 6.45) is 0. The van der Waals surface area contributed by atoms with Crippen molar-refractivity contribution in [2.24, 2.45) is 0 Å². The van der Waals surface area contributed by atoms with Gasteiger partial charge in [0.25, 0.3) is 0 Å². The molecular weight excluding hydrogens is 347 g/mol. The Labute approximate surface area is 148 Å². The highest BCUT2D eigenvalue weighted by Crippen LogP contribution is 2.26. The number of rotatable bonds is 4. The first-order chi connectivity index (χ1) is 11.5. The average Bonchev–Trinajstić information content (AvgIpc) is 2.98. The molecule has 0 aliphatic rings. The molecule has 0 atom stereocenters. The van der Waals surface area contributed by atoms with E-state index in [4.69, 9.17) is 28.9 Å². The van der Waals surface area contributed by atoms with Crippen LogP contribution in [0.2, 0.25) is 10.0 Å². The molecule has 6 heteroatoms. The monoisotopic (exact) mass is 358 g/mol. The molecule has 4 nitrogen and oxygen atoms in total. The second-order valence-corrected chi connectivity index (χ2v) is 5.98. The zero-order valence-corrected chi connectivity index (χ0v) is 13.9. The van der Waals surface area contributed by atoms with Crippen molar-refractivity contribution in [2.75, 3.05) is 5.73 Å². The highest BCUT2D eigenvalue weighted by molar-refractivity contribution is 6.42. The van der Waals surface area contributed by atoms with E-state index in [0.717, 1.165) is 0 Å². The lowest BCUT2D eigenvalue weighted by molar-refractivity contribution is 0.103. The molecule has 2 aromatic carbocycles. The van der Waals surface area contributed by atoms with Crippen LogP contribution in [0.25, 0.3) is 0 Å². The summed E-state index contributed by atoms with van der Waals surface area (Å²) in [7, 11) is 0. The molecule has 0 saturated heterocycles. The molecule has 0 bridgehead atoms. The topological polar surface area (TPSA) is 76.0 Å². The quantitative estimate of drug-likeness (QED) is 0.680. The minimum Gasteiger partial charge on any atom is -0.385 e. The Morgan fingerprint density at radius 2 is 1.54 bits per heavy atom. The van der Waals surface area contributed by atoms with Gasteiger partial charge in [-0.2, -0.15) is 0 Å². The van der Waals surface area contributed by atoms with Crippen molar-refractivity contribution in [3.63, 3.8) is 0 Å². The van der Waals surface area contributed by atoms with Crippen LogP contribution in [0.15, 0.2) is 54.6 Å². The van der Waals surface area contributed by atoms with Crippen LogP contribution >= 0.6 is 23.2 Å². The van der Waals surface area contributed by atoms with E-state index in [1.54, 1.807) is 30.3 Å². The molecule has 1 heterocycles. The normalized spacial score (nSPS) is 10.6.